The first kappa shape index (κ1) is 19.1. The molecule has 0 aliphatic carbocycles. The second-order valence-electron chi connectivity index (χ2n) is 7.48. The van der Waals surface area contributed by atoms with Crippen molar-refractivity contribution in [2.75, 3.05) is 6.54 Å². The van der Waals surface area contributed by atoms with Gasteiger partial charge in [0.25, 0.3) is 0 Å². The maximum Gasteiger partial charge on any atom is 0.410 e. The molecular formula is C19H28ClNO3. The lowest BCUT2D eigenvalue weighted by Crippen LogP contribution is -2.43. The van der Waals surface area contributed by atoms with Crippen LogP contribution in [-0.2, 0) is 4.74 Å². The number of carbonyl (C=O) groups is 1. The van der Waals surface area contributed by atoms with Crippen LogP contribution in [0.2, 0.25) is 5.02 Å². The molecule has 2 unspecified atom stereocenters. The Kier molecular flexibility index (Phi) is 6.53. The molecule has 0 spiro atoms. The van der Waals surface area contributed by atoms with Crippen molar-refractivity contribution in [3.05, 3.63) is 34.9 Å². The molecule has 1 aromatic rings. The molecule has 1 aromatic carbocycles. The van der Waals surface area contributed by atoms with E-state index in [9.17, 15) is 9.90 Å². The van der Waals surface area contributed by atoms with Crippen LogP contribution < -0.4 is 0 Å². The predicted octanol–water partition coefficient (Wildman–Crippen LogP) is 4.94. The van der Waals surface area contributed by atoms with Gasteiger partial charge >= 0.3 is 6.09 Å². The quantitative estimate of drug-likeness (QED) is 0.836. The summed E-state index contributed by atoms with van der Waals surface area (Å²) < 4.78 is 5.55. The van der Waals surface area contributed by atoms with Crippen LogP contribution in [0.4, 0.5) is 4.79 Å². The molecule has 2 atom stereocenters. The highest BCUT2D eigenvalue weighted by Crippen LogP contribution is 2.28. The average Bonchev–Trinajstić information content (AvgIpc) is 2.71. The molecule has 1 heterocycles. The minimum absolute atomic E-state index is 0.00646. The highest BCUT2D eigenvalue weighted by Gasteiger charge is 2.31. The minimum atomic E-state index is -0.615. The van der Waals surface area contributed by atoms with Crippen LogP contribution in [0.1, 0.15) is 64.5 Å². The molecule has 0 aromatic heterocycles. The van der Waals surface area contributed by atoms with Gasteiger partial charge in [0.2, 0.25) is 0 Å². The van der Waals surface area contributed by atoms with Crippen LogP contribution in [-0.4, -0.2) is 34.3 Å². The van der Waals surface area contributed by atoms with Gasteiger partial charge in [0.15, 0.2) is 0 Å². The number of aliphatic hydroxyl groups excluding tert-OH is 1. The number of carbonyl (C=O) groups excluding carboxylic acids is 1. The van der Waals surface area contributed by atoms with Gasteiger partial charge in [-0.1, -0.05) is 36.6 Å². The molecule has 5 heteroatoms. The Balaban J connectivity index is 2.08. The van der Waals surface area contributed by atoms with Crippen LogP contribution in [0.25, 0.3) is 0 Å². The molecule has 1 aliphatic heterocycles. The summed E-state index contributed by atoms with van der Waals surface area (Å²) in [5, 5.41) is 11.2. The van der Waals surface area contributed by atoms with Crippen molar-refractivity contribution in [3.63, 3.8) is 0 Å². The Morgan fingerprint density at radius 2 is 1.96 bits per heavy atom. The normalized spacial score (nSPS) is 20.4. The SMILES string of the molecule is CC(C)(C)OC(=O)N1CCCCCC1CC(O)c1ccc(Cl)cc1. The smallest absolute Gasteiger partial charge is 0.410 e. The maximum absolute atomic E-state index is 12.5. The van der Waals surface area contributed by atoms with E-state index in [4.69, 9.17) is 16.3 Å². The fourth-order valence-corrected chi connectivity index (χ4v) is 3.19. The summed E-state index contributed by atoms with van der Waals surface area (Å²) in [4.78, 5) is 14.3. The standard InChI is InChI=1S/C19H28ClNO3/c1-19(2,3)24-18(23)21-12-6-4-5-7-16(21)13-17(22)14-8-10-15(20)11-9-14/h8-11,16-17,22H,4-7,12-13H2,1-3H3. The molecule has 4 nitrogen and oxygen atoms in total. The van der Waals surface area contributed by atoms with E-state index in [0.29, 0.717) is 18.0 Å². The Morgan fingerprint density at radius 1 is 1.29 bits per heavy atom. The fraction of sp³-hybridized carbons (Fsp3) is 0.632. The molecule has 1 aliphatic rings. The van der Waals surface area contributed by atoms with Gasteiger partial charge in [-0.2, -0.15) is 0 Å². The van der Waals surface area contributed by atoms with Gasteiger partial charge in [-0.15, -0.1) is 0 Å². The fourth-order valence-electron chi connectivity index (χ4n) is 3.06. The Labute approximate surface area is 149 Å². The number of benzene rings is 1. The second-order valence-corrected chi connectivity index (χ2v) is 7.92. The number of hydrogen-bond donors (Lipinski definition) is 1. The lowest BCUT2D eigenvalue weighted by atomic mass is 9.98. The minimum Gasteiger partial charge on any atom is -0.444 e. The second kappa shape index (κ2) is 8.21. The van der Waals surface area contributed by atoms with Gasteiger partial charge in [0.1, 0.15) is 5.60 Å². The molecule has 1 saturated heterocycles. The lowest BCUT2D eigenvalue weighted by molar-refractivity contribution is 0.0104. The molecule has 1 amide bonds. The molecule has 0 bridgehead atoms. The number of hydrogen-bond acceptors (Lipinski definition) is 3. The predicted molar refractivity (Wildman–Crippen MR) is 96.2 cm³/mol. The lowest BCUT2D eigenvalue weighted by Gasteiger charge is -2.33. The summed E-state index contributed by atoms with van der Waals surface area (Å²) in [5.74, 6) is 0. The number of ether oxygens (including phenoxy) is 1. The molecule has 0 radical (unpaired) electrons. The molecule has 2 rings (SSSR count). The van der Waals surface area contributed by atoms with Crippen LogP contribution >= 0.6 is 11.6 Å². The van der Waals surface area contributed by atoms with Crippen molar-refractivity contribution in [1.82, 2.24) is 4.90 Å². The molecular weight excluding hydrogens is 326 g/mol. The Bertz CT molecular complexity index is 539. The van der Waals surface area contributed by atoms with E-state index in [1.54, 1.807) is 17.0 Å². The molecule has 24 heavy (non-hydrogen) atoms. The summed E-state index contributed by atoms with van der Waals surface area (Å²) in [6.07, 6.45) is 3.66. The Hall–Kier alpha value is -1.26. The third-order valence-corrected chi connectivity index (χ3v) is 4.51. The number of likely N-dealkylation sites (tertiary alicyclic amines) is 1. The number of rotatable bonds is 3. The highest BCUT2D eigenvalue weighted by molar-refractivity contribution is 6.30. The van der Waals surface area contributed by atoms with Crippen molar-refractivity contribution in [2.24, 2.45) is 0 Å². The Morgan fingerprint density at radius 3 is 2.58 bits per heavy atom. The van der Waals surface area contributed by atoms with Crippen LogP contribution in [0.3, 0.4) is 0 Å². The van der Waals surface area contributed by atoms with Crippen molar-refractivity contribution >= 4 is 17.7 Å². The van der Waals surface area contributed by atoms with E-state index < -0.39 is 11.7 Å². The largest absolute Gasteiger partial charge is 0.444 e. The summed E-state index contributed by atoms with van der Waals surface area (Å²) in [5.41, 5.74) is 0.315. The third kappa shape index (κ3) is 5.67. The van der Waals surface area contributed by atoms with E-state index in [2.05, 4.69) is 0 Å². The van der Waals surface area contributed by atoms with E-state index >= 15 is 0 Å². The summed E-state index contributed by atoms with van der Waals surface area (Å²) >= 11 is 5.90. The molecule has 0 saturated carbocycles. The average molecular weight is 354 g/mol. The van der Waals surface area contributed by atoms with Gasteiger partial charge < -0.3 is 14.7 Å². The zero-order chi connectivity index (χ0) is 17.7. The number of nitrogens with zero attached hydrogens (tertiary/aromatic N) is 1. The van der Waals surface area contributed by atoms with Gasteiger partial charge in [-0.05, 0) is 57.7 Å². The van der Waals surface area contributed by atoms with Crippen LogP contribution in [0.15, 0.2) is 24.3 Å². The first-order valence-electron chi connectivity index (χ1n) is 8.69. The van der Waals surface area contributed by atoms with Gasteiger partial charge in [-0.25, -0.2) is 4.79 Å². The first-order valence-corrected chi connectivity index (χ1v) is 9.07. The summed E-state index contributed by atoms with van der Waals surface area (Å²) in [6.45, 7) is 6.31. The summed E-state index contributed by atoms with van der Waals surface area (Å²) in [6, 6.07) is 7.22. The van der Waals surface area contributed by atoms with Crippen molar-refractivity contribution in [2.45, 2.75) is 70.6 Å². The highest BCUT2D eigenvalue weighted by atomic mass is 35.5. The zero-order valence-corrected chi connectivity index (χ0v) is 15.6. The summed E-state index contributed by atoms with van der Waals surface area (Å²) in [7, 11) is 0. The number of halogens is 1. The first-order chi connectivity index (χ1) is 11.3. The van der Waals surface area contributed by atoms with Crippen molar-refractivity contribution < 1.29 is 14.6 Å². The van der Waals surface area contributed by atoms with Crippen LogP contribution in [0, 0.1) is 0 Å². The topological polar surface area (TPSA) is 49.8 Å². The van der Waals surface area contributed by atoms with Crippen molar-refractivity contribution in [3.8, 4) is 0 Å². The third-order valence-electron chi connectivity index (χ3n) is 4.26. The molecule has 1 N–H and O–H groups in total. The number of aliphatic hydroxyl groups is 1. The van der Waals surface area contributed by atoms with E-state index in [-0.39, 0.29) is 12.1 Å². The van der Waals surface area contributed by atoms with Gasteiger partial charge in [0.05, 0.1) is 6.10 Å². The van der Waals surface area contributed by atoms with Gasteiger partial charge in [-0.3, -0.25) is 0 Å². The maximum atomic E-state index is 12.5. The molecule has 1 fully saturated rings. The van der Waals surface area contributed by atoms with E-state index in [1.165, 1.54) is 0 Å². The van der Waals surface area contributed by atoms with Crippen molar-refractivity contribution in [1.29, 1.82) is 0 Å². The molecule has 134 valence electrons. The zero-order valence-electron chi connectivity index (χ0n) is 14.8. The number of amides is 1. The van der Waals surface area contributed by atoms with E-state index in [0.717, 1.165) is 31.2 Å². The van der Waals surface area contributed by atoms with E-state index in [1.807, 2.05) is 32.9 Å². The monoisotopic (exact) mass is 353 g/mol. The van der Waals surface area contributed by atoms with Gasteiger partial charge in [0, 0.05) is 17.6 Å². The van der Waals surface area contributed by atoms with Crippen LogP contribution in [0.5, 0.6) is 0 Å².